The minimum Gasteiger partial charge on any atom is -0.490 e. The van der Waals surface area contributed by atoms with Crippen molar-refractivity contribution in [2.45, 2.75) is 26.3 Å². The lowest BCUT2D eigenvalue weighted by atomic mass is 9.58. The molecule has 0 aromatic heterocycles. The van der Waals surface area contributed by atoms with Gasteiger partial charge in [-0.05, 0) is 42.7 Å². The van der Waals surface area contributed by atoms with Crippen LogP contribution in [0.3, 0.4) is 0 Å². The van der Waals surface area contributed by atoms with Crippen LogP contribution >= 0.6 is 0 Å². The monoisotopic (exact) mass is 479 g/mol. The Labute approximate surface area is 212 Å². The maximum atomic E-state index is 10.4. The van der Waals surface area contributed by atoms with Gasteiger partial charge >= 0.3 is 0 Å². The lowest BCUT2D eigenvalue weighted by Crippen LogP contribution is -2.47. The lowest BCUT2D eigenvalue weighted by Gasteiger charge is -2.45. The topological polar surface area (TPSA) is 119 Å². The Hall–Kier alpha value is -4.25. The van der Waals surface area contributed by atoms with E-state index in [1.54, 1.807) is 0 Å². The zero-order valence-electron chi connectivity index (χ0n) is 20.6. The zero-order chi connectivity index (χ0) is 25.7. The Kier molecular flexibility index (Phi) is 7.30. The number of allylic oxidation sites excluding steroid dienone is 2. The van der Waals surface area contributed by atoms with Crippen molar-refractivity contribution in [3.63, 3.8) is 0 Å². The SMILES string of the molecule is CCOc1ccc(C2C3CN(Cc4ccccc4)CC=C3C(C#N)=C(N)C2(C#N)C#N)cc1OCC. The summed E-state index contributed by atoms with van der Waals surface area (Å²) in [5, 5.41) is 30.7. The van der Waals surface area contributed by atoms with Crippen LogP contribution in [0.25, 0.3) is 0 Å². The highest BCUT2D eigenvalue weighted by atomic mass is 16.5. The first-order chi connectivity index (χ1) is 17.5. The Morgan fingerprint density at radius 1 is 1.00 bits per heavy atom. The largest absolute Gasteiger partial charge is 0.490 e. The van der Waals surface area contributed by atoms with Crippen molar-refractivity contribution >= 4 is 0 Å². The van der Waals surface area contributed by atoms with E-state index in [4.69, 9.17) is 15.2 Å². The van der Waals surface area contributed by atoms with Crippen LogP contribution in [0.2, 0.25) is 0 Å². The second-order valence-corrected chi connectivity index (χ2v) is 8.93. The Morgan fingerprint density at radius 3 is 2.33 bits per heavy atom. The van der Waals surface area contributed by atoms with Gasteiger partial charge in [0, 0.05) is 31.5 Å². The van der Waals surface area contributed by atoms with Gasteiger partial charge in [-0.15, -0.1) is 0 Å². The Balaban J connectivity index is 1.86. The predicted molar refractivity (Wildman–Crippen MR) is 135 cm³/mol. The van der Waals surface area contributed by atoms with E-state index in [-0.39, 0.29) is 17.2 Å². The number of nitrogens with two attached hydrogens (primary N) is 1. The number of rotatable bonds is 7. The van der Waals surface area contributed by atoms with Crippen molar-refractivity contribution in [2.24, 2.45) is 17.1 Å². The lowest BCUT2D eigenvalue weighted by molar-refractivity contribution is 0.200. The third-order valence-corrected chi connectivity index (χ3v) is 6.92. The molecule has 0 fully saturated rings. The van der Waals surface area contributed by atoms with Crippen LogP contribution < -0.4 is 15.2 Å². The van der Waals surface area contributed by atoms with E-state index in [0.29, 0.717) is 44.3 Å². The number of nitriles is 3. The first kappa shape index (κ1) is 24.9. The summed E-state index contributed by atoms with van der Waals surface area (Å²) in [7, 11) is 0. The van der Waals surface area contributed by atoms with Gasteiger partial charge in [-0.2, -0.15) is 15.8 Å². The van der Waals surface area contributed by atoms with Crippen LogP contribution in [0, 0.1) is 45.3 Å². The van der Waals surface area contributed by atoms with Crippen LogP contribution in [0.1, 0.15) is 30.9 Å². The van der Waals surface area contributed by atoms with Crippen LogP contribution in [0.4, 0.5) is 0 Å². The molecule has 4 rings (SSSR count). The van der Waals surface area contributed by atoms with Crippen molar-refractivity contribution in [1.82, 2.24) is 4.90 Å². The maximum absolute atomic E-state index is 10.4. The molecule has 0 radical (unpaired) electrons. The molecule has 0 amide bonds. The first-order valence-electron chi connectivity index (χ1n) is 12.1. The summed E-state index contributed by atoms with van der Waals surface area (Å²) in [5.41, 5.74) is 7.75. The third kappa shape index (κ3) is 4.29. The molecule has 2 aliphatic rings. The standard InChI is InChI=1S/C29H29N5O2/c1-3-35-25-11-10-21(14-26(25)36-4-2)27-24-17-34(16-20-8-6-5-7-9-20)13-12-22(24)23(15-30)28(33)29(27,18-31)19-32/h5-12,14,24,27H,3-4,13,16-17,33H2,1-2H3. The van der Waals surface area contributed by atoms with Crippen LogP contribution in [0.15, 0.2) is 71.5 Å². The number of nitrogens with zero attached hydrogens (tertiary/aromatic N) is 4. The molecular weight excluding hydrogens is 450 g/mol. The molecule has 182 valence electrons. The molecule has 0 saturated heterocycles. The molecule has 0 saturated carbocycles. The van der Waals surface area contributed by atoms with E-state index in [1.807, 2.05) is 56.3 Å². The average molecular weight is 480 g/mol. The molecule has 2 atom stereocenters. The van der Waals surface area contributed by atoms with Gasteiger partial charge in [0.15, 0.2) is 16.9 Å². The number of ether oxygens (including phenoxy) is 2. The molecular formula is C29H29N5O2. The summed E-state index contributed by atoms with van der Waals surface area (Å²) in [6, 6.07) is 22.3. The van der Waals surface area contributed by atoms with E-state index >= 15 is 0 Å². The van der Waals surface area contributed by atoms with E-state index in [1.165, 1.54) is 5.56 Å². The summed E-state index contributed by atoms with van der Waals surface area (Å²) in [4.78, 5) is 2.27. The van der Waals surface area contributed by atoms with Crippen LogP contribution in [-0.4, -0.2) is 31.2 Å². The fourth-order valence-electron chi connectivity index (χ4n) is 5.35. The molecule has 0 bridgehead atoms. The summed E-state index contributed by atoms with van der Waals surface area (Å²) in [5.74, 6) is 0.281. The number of benzene rings is 2. The number of hydrogen-bond donors (Lipinski definition) is 1. The molecule has 36 heavy (non-hydrogen) atoms. The minimum atomic E-state index is -1.69. The average Bonchev–Trinajstić information content (AvgIpc) is 2.90. The highest BCUT2D eigenvalue weighted by molar-refractivity contribution is 5.60. The Morgan fingerprint density at radius 2 is 1.69 bits per heavy atom. The van der Waals surface area contributed by atoms with Gasteiger partial charge in [-0.3, -0.25) is 4.90 Å². The van der Waals surface area contributed by atoms with Crippen molar-refractivity contribution in [3.8, 4) is 29.7 Å². The maximum Gasteiger partial charge on any atom is 0.191 e. The fourth-order valence-corrected chi connectivity index (χ4v) is 5.35. The molecule has 0 spiro atoms. The zero-order valence-corrected chi connectivity index (χ0v) is 20.6. The first-order valence-corrected chi connectivity index (χ1v) is 12.1. The van der Waals surface area contributed by atoms with Gasteiger partial charge in [0.05, 0.1) is 36.6 Å². The summed E-state index contributed by atoms with van der Waals surface area (Å²) < 4.78 is 11.6. The summed E-state index contributed by atoms with van der Waals surface area (Å²) in [6.45, 7) is 6.65. The molecule has 2 aromatic carbocycles. The quantitative estimate of drug-likeness (QED) is 0.625. The smallest absolute Gasteiger partial charge is 0.191 e. The summed E-state index contributed by atoms with van der Waals surface area (Å²) in [6.07, 6.45) is 2.02. The van der Waals surface area contributed by atoms with Crippen molar-refractivity contribution in [1.29, 1.82) is 15.8 Å². The second kappa shape index (κ2) is 10.6. The van der Waals surface area contributed by atoms with E-state index in [0.717, 1.165) is 11.1 Å². The molecule has 1 heterocycles. The minimum absolute atomic E-state index is 0.0193. The fraction of sp³-hybridized carbons (Fsp3) is 0.345. The predicted octanol–water partition coefficient (Wildman–Crippen LogP) is 4.41. The van der Waals surface area contributed by atoms with Crippen molar-refractivity contribution < 1.29 is 9.47 Å². The number of fused-ring (bicyclic) bond motifs is 1. The van der Waals surface area contributed by atoms with E-state index < -0.39 is 11.3 Å². The van der Waals surface area contributed by atoms with Crippen LogP contribution in [0.5, 0.6) is 11.5 Å². The van der Waals surface area contributed by atoms with Crippen molar-refractivity contribution in [3.05, 3.63) is 82.6 Å². The van der Waals surface area contributed by atoms with Gasteiger partial charge in [0.1, 0.15) is 6.07 Å². The molecule has 7 nitrogen and oxygen atoms in total. The van der Waals surface area contributed by atoms with Gasteiger partial charge in [-0.1, -0.05) is 42.5 Å². The molecule has 1 aliphatic carbocycles. The molecule has 1 aliphatic heterocycles. The Bertz CT molecular complexity index is 1300. The van der Waals surface area contributed by atoms with Gasteiger partial charge < -0.3 is 15.2 Å². The highest BCUT2D eigenvalue weighted by Gasteiger charge is 2.54. The van der Waals surface area contributed by atoms with Gasteiger partial charge in [0.2, 0.25) is 0 Å². The molecule has 2 N–H and O–H groups in total. The number of hydrogen-bond acceptors (Lipinski definition) is 7. The summed E-state index contributed by atoms with van der Waals surface area (Å²) >= 11 is 0. The normalized spacial score (nSPS) is 20.8. The molecule has 2 aromatic rings. The highest BCUT2D eigenvalue weighted by Crippen LogP contribution is 2.55. The van der Waals surface area contributed by atoms with Gasteiger partial charge in [0.25, 0.3) is 0 Å². The van der Waals surface area contributed by atoms with Crippen LogP contribution in [-0.2, 0) is 6.54 Å². The van der Waals surface area contributed by atoms with E-state index in [2.05, 4.69) is 35.2 Å². The second-order valence-electron chi connectivity index (χ2n) is 8.93. The molecule has 2 unspecified atom stereocenters. The third-order valence-electron chi connectivity index (χ3n) is 6.92. The van der Waals surface area contributed by atoms with Gasteiger partial charge in [-0.25, -0.2) is 0 Å². The van der Waals surface area contributed by atoms with Crippen molar-refractivity contribution in [2.75, 3.05) is 26.3 Å². The van der Waals surface area contributed by atoms with E-state index in [9.17, 15) is 15.8 Å². The molecule has 7 heteroatoms.